The van der Waals surface area contributed by atoms with Gasteiger partial charge in [0.05, 0.1) is 23.6 Å². The van der Waals surface area contributed by atoms with Crippen molar-refractivity contribution in [1.82, 2.24) is 5.32 Å². The molecule has 0 radical (unpaired) electrons. The maximum atomic E-state index is 6.32. The Bertz CT molecular complexity index is 484. The van der Waals surface area contributed by atoms with Crippen LogP contribution in [0.1, 0.15) is 24.1 Å². The Morgan fingerprint density at radius 3 is 2.88 bits per heavy atom. The molecule has 1 N–H and O–H groups in total. The van der Waals surface area contributed by atoms with Crippen molar-refractivity contribution >= 4 is 27.5 Å². The van der Waals surface area contributed by atoms with Crippen molar-refractivity contribution in [3.63, 3.8) is 0 Å². The summed E-state index contributed by atoms with van der Waals surface area (Å²) in [4.78, 5) is 0. The van der Waals surface area contributed by atoms with Crippen molar-refractivity contribution in [3.8, 4) is 0 Å². The molecule has 17 heavy (non-hydrogen) atoms. The Morgan fingerprint density at radius 2 is 2.24 bits per heavy atom. The zero-order valence-electron chi connectivity index (χ0n) is 9.41. The molecule has 0 saturated carbocycles. The number of hydrogen-bond donors (Lipinski definition) is 1. The van der Waals surface area contributed by atoms with Crippen LogP contribution in [0.5, 0.6) is 0 Å². The second-order valence-corrected chi connectivity index (χ2v) is 4.92. The highest BCUT2D eigenvalue weighted by Crippen LogP contribution is 2.33. The lowest BCUT2D eigenvalue weighted by molar-refractivity contribution is 0.553. The van der Waals surface area contributed by atoms with Gasteiger partial charge < -0.3 is 9.73 Å². The average molecular weight is 315 g/mol. The lowest BCUT2D eigenvalue weighted by atomic mass is 10.0. The minimum Gasteiger partial charge on any atom is -0.472 e. The largest absolute Gasteiger partial charge is 0.472 e. The van der Waals surface area contributed by atoms with Crippen LogP contribution < -0.4 is 5.32 Å². The smallest absolute Gasteiger partial charge is 0.0953 e. The first-order valence-electron chi connectivity index (χ1n) is 5.43. The molecule has 2 nitrogen and oxygen atoms in total. The molecule has 1 atom stereocenters. The zero-order chi connectivity index (χ0) is 12.3. The van der Waals surface area contributed by atoms with E-state index in [1.54, 1.807) is 12.5 Å². The van der Waals surface area contributed by atoms with Crippen LogP contribution in [-0.4, -0.2) is 6.54 Å². The molecule has 0 spiro atoms. The van der Waals surface area contributed by atoms with E-state index < -0.39 is 0 Å². The monoisotopic (exact) mass is 313 g/mol. The molecule has 90 valence electrons. The molecule has 0 aliphatic rings. The van der Waals surface area contributed by atoms with Crippen LogP contribution in [0.4, 0.5) is 0 Å². The third kappa shape index (κ3) is 2.73. The molecule has 0 fully saturated rings. The van der Waals surface area contributed by atoms with Crippen molar-refractivity contribution in [2.75, 3.05) is 6.54 Å². The molecule has 4 heteroatoms. The van der Waals surface area contributed by atoms with Gasteiger partial charge in [-0.15, -0.1) is 0 Å². The molecular formula is C13H13BrClNO. The summed E-state index contributed by atoms with van der Waals surface area (Å²) >= 11 is 9.77. The van der Waals surface area contributed by atoms with E-state index in [9.17, 15) is 0 Å². The lowest BCUT2D eigenvalue weighted by Gasteiger charge is -2.18. The molecule has 0 amide bonds. The maximum absolute atomic E-state index is 6.32. The summed E-state index contributed by atoms with van der Waals surface area (Å²) in [6.07, 6.45) is 3.41. The Labute approximate surface area is 114 Å². The third-order valence-electron chi connectivity index (χ3n) is 2.58. The Kier molecular flexibility index (Phi) is 4.26. The first-order valence-corrected chi connectivity index (χ1v) is 6.60. The van der Waals surface area contributed by atoms with Crippen molar-refractivity contribution in [3.05, 3.63) is 57.4 Å². The van der Waals surface area contributed by atoms with Gasteiger partial charge in [0, 0.05) is 10.0 Å². The second-order valence-electron chi connectivity index (χ2n) is 3.69. The molecule has 1 heterocycles. The summed E-state index contributed by atoms with van der Waals surface area (Å²) in [5.74, 6) is 0. The predicted molar refractivity (Wildman–Crippen MR) is 73.4 cm³/mol. The van der Waals surface area contributed by atoms with Gasteiger partial charge >= 0.3 is 0 Å². The third-order valence-corrected chi connectivity index (χ3v) is 3.89. The van der Waals surface area contributed by atoms with E-state index in [0.29, 0.717) is 0 Å². The van der Waals surface area contributed by atoms with Crippen LogP contribution in [0.2, 0.25) is 5.02 Å². The maximum Gasteiger partial charge on any atom is 0.0953 e. The number of nitrogens with one attached hydrogen (secondary N) is 1. The normalized spacial score (nSPS) is 12.6. The summed E-state index contributed by atoms with van der Waals surface area (Å²) in [5, 5.41) is 4.14. The van der Waals surface area contributed by atoms with Crippen molar-refractivity contribution in [1.29, 1.82) is 0 Å². The van der Waals surface area contributed by atoms with E-state index in [0.717, 1.165) is 27.2 Å². The van der Waals surface area contributed by atoms with E-state index in [2.05, 4.69) is 28.2 Å². The second kappa shape index (κ2) is 5.71. The average Bonchev–Trinajstić information content (AvgIpc) is 2.84. The Morgan fingerprint density at radius 1 is 1.41 bits per heavy atom. The van der Waals surface area contributed by atoms with Gasteiger partial charge in [-0.1, -0.05) is 30.7 Å². The highest BCUT2D eigenvalue weighted by atomic mass is 79.9. The number of rotatable bonds is 4. The van der Waals surface area contributed by atoms with Gasteiger partial charge in [0.25, 0.3) is 0 Å². The van der Waals surface area contributed by atoms with Crippen LogP contribution in [0.3, 0.4) is 0 Å². The fraction of sp³-hybridized carbons (Fsp3) is 0.231. The molecule has 2 rings (SSSR count). The number of halogens is 2. The molecule has 1 unspecified atom stereocenters. The number of furan rings is 1. The zero-order valence-corrected chi connectivity index (χ0v) is 11.8. The highest BCUT2D eigenvalue weighted by molar-refractivity contribution is 9.10. The first kappa shape index (κ1) is 12.7. The van der Waals surface area contributed by atoms with Gasteiger partial charge in [0.1, 0.15) is 0 Å². The summed E-state index contributed by atoms with van der Waals surface area (Å²) in [6.45, 7) is 2.93. The van der Waals surface area contributed by atoms with Gasteiger partial charge in [0.15, 0.2) is 0 Å². The fourth-order valence-corrected chi connectivity index (χ4v) is 2.41. The van der Waals surface area contributed by atoms with E-state index >= 15 is 0 Å². The van der Waals surface area contributed by atoms with Gasteiger partial charge in [0.2, 0.25) is 0 Å². The molecular weight excluding hydrogens is 302 g/mol. The SMILES string of the molecule is CCNC(c1ccoc1)c1cccc(Br)c1Cl. The highest BCUT2D eigenvalue weighted by Gasteiger charge is 2.18. The van der Waals surface area contributed by atoms with Crippen LogP contribution >= 0.6 is 27.5 Å². The fourth-order valence-electron chi connectivity index (χ4n) is 1.79. The van der Waals surface area contributed by atoms with E-state index in [1.165, 1.54) is 0 Å². The summed E-state index contributed by atoms with van der Waals surface area (Å²) in [6, 6.07) is 7.95. The molecule has 1 aromatic heterocycles. The van der Waals surface area contributed by atoms with E-state index in [-0.39, 0.29) is 6.04 Å². The number of hydrogen-bond acceptors (Lipinski definition) is 2. The Hall–Kier alpha value is -0.770. The molecule has 0 saturated heterocycles. The molecule has 0 bridgehead atoms. The van der Waals surface area contributed by atoms with E-state index in [4.69, 9.17) is 16.0 Å². The lowest BCUT2D eigenvalue weighted by Crippen LogP contribution is -2.21. The van der Waals surface area contributed by atoms with Gasteiger partial charge in [-0.3, -0.25) is 0 Å². The minimum absolute atomic E-state index is 0.0590. The predicted octanol–water partition coefficient (Wildman–Crippen LogP) is 4.39. The molecule has 2 aromatic rings. The topological polar surface area (TPSA) is 25.2 Å². The van der Waals surface area contributed by atoms with Gasteiger partial charge in [-0.2, -0.15) is 0 Å². The minimum atomic E-state index is 0.0590. The summed E-state index contributed by atoms with van der Waals surface area (Å²) in [7, 11) is 0. The quantitative estimate of drug-likeness (QED) is 0.905. The van der Waals surface area contributed by atoms with Crippen LogP contribution in [0, 0.1) is 0 Å². The van der Waals surface area contributed by atoms with Crippen LogP contribution in [-0.2, 0) is 0 Å². The summed E-state index contributed by atoms with van der Waals surface area (Å²) < 4.78 is 6.04. The molecule has 1 aromatic carbocycles. The number of benzene rings is 1. The first-order chi connectivity index (χ1) is 8.24. The Balaban J connectivity index is 2.43. The van der Waals surface area contributed by atoms with Crippen molar-refractivity contribution < 1.29 is 4.42 Å². The van der Waals surface area contributed by atoms with Gasteiger partial charge in [-0.25, -0.2) is 0 Å². The van der Waals surface area contributed by atoms with Crippen LogP contribution in [0.15, 0.2) is 45.7 Å². The van der Waals surface area contributed by atoms with E-state index in [1.807, 2.05) is 24.3 Å². The molecule has 0 aliphatic heterocycles. The van der Waals surface area contributed by atoms with Crippen molar-refractivity contribution in [2.24, 2.45) is 0 Å². The van der Waals surface area contributed by atoms with Crippen LogP contribution in [0.25, 0.3) is 0 Å². The van der Waals surface area contributed by atoms with Gasteiger partial charge in [-0.05, 0) is 40.2 Å². The summed E-state index contributed by atoms with van der Waals surface area (Å²) in [5.41, 5.74) is 2.12. The standard InChI is InChI=1S/C13H13BrClNO/c1-2-16-13(9-6-7-17-8-9)10-4-3-5-11(14)12(10)15/h3-8,13,16H,2H2,1H3. The van der Waals surface area contributed by atoms with Crippen molar-refractivity contribution in [2.45, 2.75) is 13.0 Å². The molecule has 0 aliphatic carbocycles.